The van der Waals surface area contributed by atoms with Crippen LogP contribution in [0, 0.1) is 10.1 Å². The van der Waals surface area contributed by atoms with E-state index < -0.39 is 47.3 Å². The molecule has 0 saturated carbocycles. The molecule has 1 aromatic carbocycles. The maximum atomic E-state index is 12.1. The first-order valence-corrected chi connectivity index (χ1v) is 9.32. The molecule has 1 aromatic rings. The number of nitrogens with two attached hydrogens (primary N) is 1. The number of nitro benzene ring substituents is 1. The number of nitrogens with one attached hydrogen (secondary N) is 2. The molecule has 0 saturated heterocycles. The number of carboxylic acid groups (broad SMARTS) is 1. The zero-order valence-electron chi connectivity index (χ0n) is 15.8. The number of nitro groups is 1. The van der Waals surface area contributed by atoms with Crippen LogP contribution < -0.4 is 16.4 Å². The molecule has 0 spiro atoms. The molecular weight excluding hydrogens is 420 g/mol. The van der Waals surface area contributed by atoms with Crippen molar-refractivity contribution in [3.05, 3.63) is 39.9 Å². The summed E-state index contributed by atoms with van der Waals surface area (Å²) in [5, 5.41) is 23.9. The van der Waals surface area contributed by atoms with Crippen LogP contribution in [0.1, 0.15) is 18.4 Å². The van der Waals surface area contributed by atoms with Crippen molar-refractivity contribution >= 4 is 42.1 Å². The Balaban J connectivity index is 2.39. The summed E-state index contributed by atoms with van der Waals surface area (Å²) in [4.78, 5) is 56.3. The Hall–Kier alpha value is -3.19. The van der Waals surface area contributed by atoms with E-state index in [9.17, 15) is 29.3 Å². The molecule has 0 aromatic heterocycles. The van der Waals surface area contributed by atoms with E-state index in [1.54, 1.807) is 0 Å². The molecule has 0 aliphatic carbocycles. The maximum absolute atomic E-state index is 12.1. The fourth-order valence-electron chi connectivity index (χ4n) is 2.08. The number of rotatable bonds is 12. The van der Waals surface area contributed by atoms with Gasteiger partial charge < -0.3 is 26.2 Å². The van der Waals surface area contributed by atoms with Gasteiger partial charge in [-0.15, -0.1) is 0 Å². The highest BCUT2D eigenvalue weighted by Crippen LogP contribution is 2.12. The molecule has 164 valence electrons. The molecule has 0 heterocycles. The summed E-state index contributed by atoms with van der Waals surface area (Å²) in [7, 11) is 0. The monoisotopic (exact) mass is 442 g/mol. The van der Waals surface area contributed by atoms with Gasteiger partial charge in [0.1, 0.15) is 25.2 Å². The summed E-state index contributed by atoms with van der Waals surface area (Å²) in [6.07, 6.45) is -0.292. The Morgan fingerprint density at radius 3 is 2.40 bits per heavy atom. The average Bonchev–Trinajstić information content (AvgIpc) is 2.72. The van der Waals surface area contributed by atoms with Crippen molar-refractivity contribution in [2.75, 3.05) is 12.3 Å². The van der Waals surface area contributed by atoms with Crippen LogP contribution in [0.25, 0.3) is 0 Å². The Kier molecular flexibility index (Phi) is 10.3. The van der Waals surface area contributed by atoms with Gasteiger partial charge in [-0.3, -0.25) is 29.3 Å². The largest absolute Gasteiger partial charge is 0.480 e. The quantitative estimate of drug-likeness (QED) is 0.121. The fraction of sp³-hybridized carbons (Fsp3) is 0.412. The van der Waals surface area contributed by atoms with Gasteiger partial charge in [-0.05, 0) is 24.1 Å². The van der Waals surface area contributed by atoms with Gasteiger partial charge >= 0.3 is 11.9 Å². The Morgan fingerprint density at radius 2 is 1.87 bits per heavy atom. The van der Waals surface area contributed by atoms with Gasteiger partial charge in [0.2, 0.25) is 11.8 Å². The number of ether oxygens (including phenoxy) is 1. The van der Waals surface area contributed by atoms with Gasteiger partial charge in [-0.25, -0.2) is 0 Å². The molecule has 0 bridgehead atoms. The number of benzene rings is 1. The molecule has 12 nitrogen and oxygen atoms in total. The fourth-order valence-corrected chi connectivity index (χ4v) is 2.34. The van der Waals surface area contributed by atoms with Gasteiger partial charge in [-0.1, -0.05) is 0 Å². The topological polar surface area (TPSA) is 191 Å². The predicted octanol–water partition coefficient (Wildman–Crippen LogP) is -0.639. The molecular formula is C17H22N4O8S. The number of aliphatic carboxylic acids is 1. The van der Waals surface area contributed by atoms with Gasteiger partial charge in [0.15, 0.2) is 0 Å². The molecule has 0 aliphatic rings. The Bertz CT molecular complexity index is 786. The van der Waals surface area contributed by atoms with Gasteiger partial charge in [0, 0.05) is 24.3 Å². The maximum Gasteiger partial charge on any atom is 0.325 e. The van der Waals surface area contributed by atoms with Crippen molar-refractivity contribution in [3.63, 3.8) is 0 Å². The number of nitrogens with zero attached hydrogens (tertiary/aromatic N) is 1. The zero-order valence-corrected chi connectivity index (χ0v) is 16.7. The Labute approximate surface area is 176 Å². The van der Waals surface area contributed by atoms with Crippen LogP contribution in [0.3, 0.4) is 0 Å². The van der Waals surface area contributed by atoms with E-state index in [-0.39, 0.29) is 30.9 Å². The highest BCUT2D eigenvalue weighted by molar-refractivity contribution is 7.80. The summed E-state index contributed by atoms with van der Waals surface area (Å²) < 4.78 is 4.96. The van der Waals surface area contributed by atoms with Crippen molar-refractivity contribution in [1.29, 1.82) is 0 Å². The Morgan fingerprint density at radius 1 is 1.23 bits per heavy atom. The number of carbonyl (C=O) groups excluding carboxylic acids is 3. The van der Waals surface area contributed by atoms with Crippen LogP contribution in [0.5, 0.6) is 0 Å². The van der Waals surface area contributed by atoms with Crippen molar-refractivity contribution < 1.29 is 33.9 Å². The summed E-state index contributed by atoms with van der Waals surface area (Å²) in [5.74, 6) is -3.30. The third-order valence-electron chi connectivity index (χ3n) is 3.79. The molecule has 5 N–H and O–H groups in total. The standard InChI is InChI=1S/C17H22N4O8S/c18-12(17(25)26)5-6-14(22)20-13(9-30)16(24)19-7-15(23)29-8-10-1-3-11(4-2-10)21(27)28/h1-4,12-13,30H,5-9,18H2,(H,19,24)(H,20,22)(H,25,26). The molecule has 2 atom stereocenters. The molecule has 0 radical (unpaired) electrons. The van der Waals surface area contributed by atoms with Crippen molar-refractivity contribution in [2.45, 2.75) is 31.5 Å². The second-order valence-corrected chi connectivity index (χ2v) is 6.45. The molecule has 2 amide bonds. The van der Waals surface area contributed by atoms with E-state index in [2.05, 4.69) is 23.3 Å². The lowest BCUT2D eigenvalue weighted by atomic mass is 10.1. The van der Waals surface area contributed by atoms with Gasteiger partial charge in [-0.2, -0.15) is 12.6 Å². The van der Waals surface area contributed by atoms with E-state index >= 15 is 0 Å². The molecule has 0 fully saturated rings. The SMILES string of the molecule is NC(CCC(=O)NC(CS)C(=O)NCC(=O)OCc1ccc([N+](=O)[O-])cc1)C(=O)O. The number of carbonyl (C=O) groups is 4. The summed E-state index contributed by atoms with van der Waals surface area (Å²) in [5.41, 5.74) is 5.74. The average molecular weight is 442 g/mol. The van der Waals surface area contributed by atoms with Crippen LogP contribution in [0.4, 0.5) is 5.69 Å². The van der Waals surface area contributed by atoms with E-state index in [0.717, 1.165) is 0 Å². The van der Waals surface area contributed by atoms with Crippen LogP contribution in [-0.4, -0.2) is 58.2 Å². The van der Waals surface area contributed by atoms with E-state index in [4.69, 9.17) is 15.6 Å². The number of hydrogen-bond acceptors (Lipinski definition) is 9. The normalized spacial score (nSPS) is 12.3. The smallest absolute Gasteiger partial charge is 0.325 e. The number of hydrogen-bond donors (Lipinski definition) is 5. The molecule has 0 aliphatic heterocycles. The lowest BCUT2D eigenvalue weighted by Crippen LogP contribution is -2.49. The number of esters is 1. The lowest BCUT2D eigenvalue weighted by Gasteiger charge is -2.16. The third-order valence-corrected chi connectivity index (χ3v) is 4.15. The first-order valence-electron chi connectivity index (χ1n) is 8.69. The van der Waals surface area contributed by atoms with Gasteiger partial charge in [0.25, 0.3) is 5.69 Å². The van der Waals surface area contributed by atoms with Crippen LogP contribution in [-0.2, 0) is 30.5 Å². The summed E-state index contributed by atoms with van der Waals surface area (Å²) in [6.45, 7) is -0.598. The van der Waals surface area contributed by atoms with Crippen LogP contribution in [0.2, 0.25) is 0 Å². The second-order valence-electron chi connectivity index (χ2n) is 6.09. The number of carboxylic acids is 1. The third kappa shape index (κ3) is 8.87. The van der Waals surface area contributed by atoms with E-state index in [1.165, 1.54) is 24.3 Å². The summed E-state index contributed by atoms with van der Waals surface area (Å²) in [6, 6.07) is 3.19. The molecule has 30 heavy (non-hydrogen) atoms. The predicted molar refractivity (Wildman–Crippen MR) is 107 cm³/mol. The molecule has 13 heteroatoms. The number of non-ortho nitro benzene ring substituents is 1. The lowest BCUT2D eigenvalue weighted by molar-refractivity contribution is -0.384. The van der Waals surface area contributed by atoms with E-state index in [0.29, 0.717) is 5.56 Å². The minimum absolute atomic E-state index is 0.0552. The first-order chi connectivity index (χ1) is 14.1. The minimum Gasteiger partial charge on any atom is -0.480 e. The zero-order chi connectivity index (χ0) is 22.7. The van der Waals surface area contributed by atoms with Crippen LogP contribution in [0.15, 0.2) is 24.3 Å². The minimum atomic E-state index is -1.24. The molecule has 2 unspecified atom stereocenters. The number of thiol groups is 1. The van der Waals surface area contributed by atoms with Crippen molar-refractivity contribution in [2.24, 2.45) is 5.73 Å². The summed E-state index contributed by atoms with van der Waals surface area (Å²) >= 11 is 3.97. The van der Waals surface area contributed by atoms with Crippen molar-refractivity contribution in [3.8, 4) is 0 Å². The first kappa shape index (κ1) is 24.8. The molecule has 1 rings (SSSR count). The van der Waals surface area contributed by atoms with E-state index in [1.807, 2.05) is 0 Å². The van der Waals surface area contributed by atoms with Crippen LogP contribution >= 0.6 is 12.6 Å². The highest BCUT2D eigenvalue weighted by atomic mass is 32.1. The highest BCUT2D eigenvalue weighted by Gasteiger charge is 2.21. The van der Waals surface area contributed by atoms with Gasteiger partial charge in [0.05, 0.1) is 4.92 Å². The second kappa shape index (κ2) is 12.4. The number of amides is 2. The van der Waals surface area contributed by atoms with Crippen molar-refractivity contribution in [1.82, 2.24) is 10.6 Å².